The Morgan fingerprint density at radius 3 is 2.73 bits per heavy atom. The number of carbonyl (C=O) groups excluding carboxylic acids is 1. The summed E-state index contributed by atoms with van der Waals surface area (Å²) in [6.45, 7) is 6.79. The Bertz CT molecular complexity index is 1290. The van der Waals surface area contributed by atoms with E-state index in [1.54, 1.807) is 24.3 Å². The molecule has 0 unspecified atom stereocenters. The zero-order valence-corrected chi connectivity index (χ0v) is 19.8. The third-order valence-corrected chi connectivity index (χ3v) is 6.36. The third kappa shape index (κ3) is 4.96. The van der Waals surface area contributed by atoms with Crippen LogP contribution in [0.3, 0.4) is 0 Å². The number of hydrogen-bond donors (Lipinski definition) is 0. The highest BCUT2D eigenvalue weighted by Crippen LogP contribution is 2.27. The van der Waals surface area contributed by atoms with Gasteiger partial charge in [-0.1, -0.05) is 36.0 Å². The number of aromatic nitrogens is 3. The van der Waals surface area contributed by atoms with Crippen LogP contribution in [0.4, 0.5) is 0 Å². The van der Waals surface area contributed by atoms with Crippen molar-refractivity contribution in [2.75, 3.05) is 19.9 Å². The molecule has 0 saturated heterocycles. The van der Waals surface area contributed by atoms with Crippen LogP contribution in [0.15, 0.2) is 71.0 Å². The van der Waals surface area contributed by atoms with Crippen LogP contribution < -0.4 is 4.74 Å². The number of hydrogen-bond acceptors (Lipinski definition) is 6. The van der Waals surface area contributed by atoms with Crippen molar-refractivity contribution >= 4 is 28.4 Å². The number of allylic oxidation sites excluding steroid dienone is 1. The Morgan fingerprint density at radius 1 is 1.21 bits per heavy atom. The monoisotopic (exact) mass is 462 g/mol. The normalized spacial score (nSPS) is 11.0. The molecular weight excluding hydrogens is 436 g/mol. The molecule has 0 N–H and O–H groups in total. The van der Waals surface area contributed by atoms with Gasteiger partial charge in [-0.2, -0.15) is 0 Å². The number of nitrogens with zero attached hydrogens (tertiary/aromatic N) is 4. The molecule has 0 fully saturated rings. The van der Waals surface area contributed by atoms with Gasteiger partial charge in [-0.25, -0.2) is 0 Å². The predicted octanol–water partition coefficient (Wildman–Crippen LogP) is 4.95. The van der Waals surface area contributed by atoms with E-state index in [0.717, 1.165) is 33.4 Å². The molecule has 4 aromatic rings. The van der Waals surface area contributed by atoms with E-state index in [-0.39, 0.29) is 11.7 Å². The molecule has 2 aromatic heterocycles. The average Bonchev–Trinajstić information content (AvgIpc) is 3.42. The van der Waals surface area contributed by atoms with Gasteiger partial charge >= 0.3 is 0 Å². The summed E-state index contributed by atoms with van der Waals surface area (Å²) in [7, 11) is 3.48. The Hall–Kier alpha value is -3.52. The zero-order chi connectivity index (χ0) is 23.4. The second-order valence-corrected chi connectivity index (χ2v) is 8.62. The quantitative estimate of drug-likeness (QED) is 0.259. The van der Waals surface area contributed by atoms with E-state index in [9.17, 15) is 4.79 Å². The first kappa shape index (κ1) is 22.7. The summed E-state index contributed by atoms with van der Waals surface area (Å²) >= 11 is 1.37. The summed E-state index contributed by atoms with van der Waals surface area (Å²) in [6.07, 6.45) is 3.42. The second-order valence-electron chi connectivity index (χ2n) is 7.68. The second kappa shape index (κ2) is 9.95. The lowest BCUT2D eigenvalue weighted by molar-refractivity contribution is -0.127. The van der Waals surface area contributed by atoms with Crippen molar-refractivity contribution in [1.82, 2.24) is 19.7 Å². The molecule has 170 valence electrons. The van der Waals surface area contributed by atoms with E-state index in [1.165, 1.54) is 11.8 Å². The summed E-state index contributed by atoms with van der Waals surface area (Å²) < 4.78 is 12.6. The number of methoxy groups -OCH3 is 1. The van der Waals surface area contributed by atoms with Gasteiger partial charge in [0.1, 0.15) is 11.5 Å². The highest BCUT2D eigenvalue weighted by molar-refractivity contribution is 7.99. The summed E-state index contributed by atoms with van der Waals surface area (Å²) in [5.41, 5.74) is 1.95. The Kier molecular flexibility index (Phi) is 6.84. The maximum atomic E-state index is 12.8. The van der Waals surface area contributed by atoms with E-state index in [0.29, 0.717) is 24.1 Å². The zero-order valence-electron chi connectivity index (χ0n) is 18.9. The van der Waals surface area contributed by atoms with Crippen LogP contribution in [0.1, 0.15) is 11.3 Å². The van der Waals surface area contributed by atoms with Gasteiger partial charge in [-0.15, -0.1) is 16.8 Å². The number of carbonyl (C=O) groups is 1. The molecule has 0 bridgehead atoms. The van der Waals surface area contributed by atoms with Crippen molar-refractivity contribution in [3.63, 3.8) is 0 Å². The smallest absolute Gasteiger partial charge is 0.233 e. The summed E-state index contributed by atoms with van der Waals surface area (Å²) in [4.78, 5) is 14.6. The number of rotatable bonds is 9. The fraction of sp³-hybridized carbons (Fsp3) is 0.240. The molecule has 33 heavy (non-hydrogen) atoms. The van der Waals surface area contributed by atoms with Gasteiger partial charge in [0, 0.05) is 20.1 Å². The fourth-order valence-electron chi connectivity index (χ4n) is 3.60. The maximum absolute atomic E-state index is 12.8. The van der Waals surface area contributed by atoms with Gasteiger partial charge < -0.3 is 14.1 Å². The van der Waals surface area contributed by atoms with Crippen molar-refractivity contribution in [1.29, 1.82) is 0 Å². The van der Waals surface area contributed by atoms with Gasteiger partial charge in [0.2, 0.25) is 5.91 Å². The van der Waals surface area contributed by atoms with Gasteiger partial charge in [0.25, 0.3) is 0 Å². The minimum Gasteiger partial charge on any atom is -0.497 e. The number of fused-ring (bicyclic) bond motifs is 1. The van der Waals surface area contributed by atoms with Crippen molar-refractivity contribution in [3.8, 4) is 17.1 Å². The summed E-state index contributed by atoms with van der Waals surface area (Å²) in [6, 6.07) is 14.0. The van der Waals surface area contributed by atoms with E-state index in [4.69, 9.17) is 9.15 Å². The molecule has 2 heterocycles. The van der Waals surface area contributed by atoms with Gasteiger partial charge in [0.05, 0.1) is 24.7 Å². The number of ether oxygens (including phenoxy) is 1. The molecule has 0 atom stereocenters. The Balaban J connectivity index is 1.42. The highest BCUT2D eigenvalue weighted by Gasteiger charge is 2.18. The Labute approximate surface area is 197 Å². The molecule has 0 aliphatic rings. The van der Waals surface area contributed by atoms with E-state index in [2.05, 4.69) is 28.9 Å². The standard InChI is InChI=1S/C25H26N4O3S/c1-5-11-29-24(22-10-12-32-17(22)2)26-27-25(29)33-16-23(30)28(3)15-18-6-7-20-14-21(31-4)9-8-19(20)13-18/h5-10,12-14H,1,11,15-16H2,2-4H3. The van der Waals surface area contributed by atoms with Crippen molar-refractivity contribution in [2.45, 2.75) is 25.2 Å². The molecule has 0 spiro atoms. The molecule has 0 aliphatic carbocycles. The molecular formula is C25H26N4O3S. The van der Waals surface area contributed by atoms with E-state index in [1.807, 2.05) is 48.9 Å². The first-order chi connectivity index (χ1) is 16.0. The van der Waals surface area contributed by atoms with Gasteiger partial charge in [-0.05, 0) is 47.5 Å². The van der Waals surface area contributed by atoms with Gasteiger partial charge in [-0.3, -0.25) is 9.36 Å². The van der Waals surface area contributed by atoms with Crippen LogP contribution in [-0.2, 0) is 17.9 Å². The summed E-state index contributed by atoms with van der Waals surface area (Å²) in [5, 5.41) is 11.5. The van der Waals surface area contributed by atoms with Crippen LogP contribution in [0.2, 0.25) is 0 Å². The Morgan fingerprint density at radius 2 is 2.00 bits per heavy atom. The summed E-state index contributed by atoms with van der Waals surface area (Å²) in [5.74, 6) is 2.59. The third-order valence-electron chi connectivity index (χ3n) is 5.41. The van der Waals surface area contributed by atoms with Crippen LogP contribution in [0.25, 0.3) is 22.2 Å². The number of benzene rings is 2. The number of aryl methyl sites for hydroxylation is 1. The minimum absolute atomic E-state index is 0.0176. The van der Waals surface area contributed by atoms with Crippen molar-refractivity contribution in [3.05, 3.63) is 72.7 Å². The topological polar surface area (TPSA) is 73.4 Å². The molecule has 4 rings (SSSR count). The minimum atomic E-state index is 0.0176. The van der Waals surface area contributed by atoms with Crippen molar-refractivity contribution in [2.24, 2.45) is 0 Å². The van der Waals surface area contributed by atoms with Crippen LogP contribution in [0.5, 0.6) is 5.75 Å². The largest absolute Gasteiger partial charge is 0.497 e. The van der Waals surface area contributed by atoms with Gasteiger partial charge in [0.15, 0.2) is 11.0 Å². The van der Waals surface area contributed by atoms with Crippen molar-refractivity contribution < 1.29 is 13.9 Å². The molecule has 0 saturated carbocycles. The maximum Gasteiger partial charge on any atom is 0.233 e. The molecule has 0 radical (unpaired) electrons. The molecule has 7 nitrogen and oxygen atoms in total. The average molecular weight is 463 g/mol. The van der Waals surface area contributed by atoms with Crippen LogP contribution in [0, 0.1) is 6.92 Å². The number of furan rings is 1. The number of thioether (sulfide) groups is 1. The fourth-order valence-corrected chi connectivity index (χ4v) is 4.49. The first-order valence-corrected chi connectivity index (χ1v) is 11.5. The van der Waals surface area contributed by atoms with E-state index < -0.39 is 0 Å². The van der Waals surface area contributed by atoms with E-state index >= 15 is 0 Å². The molecule has 2 aromatic carbocycles. The number of amides is 1. The lowest BCUT2D eigenvalue weighted by atomic mass is 10.1. The SMILES string of the molecule is C=CCn1c(SCC(=O)N(C)Cc2ccc3cc(OC)ccc3c2)nnc1-c1ccoc1C. The highest BCUT2D eigenvalue weighted by atomic mass is 32.2. The van der Waals surface area contributed by atoms with Crippen LogP contribution in [-0.4, -0.2) is 45.5 Å². The predicted molar refractivity (Wildman–Crippen MR) is 130 cm³/mol. The first-order valence-electron chi connectivity index (χ1n) is 10.5. The molecule has 8 heteroatoms. The molecule has 0 aliphatic heterocycles. The lowest BCUT2D eigenvalue weighted by Crippen LogP contribution is -2.27. The van der Waals surface area contributed by atoms with Crippen LogP contribution >= 0.6 is 11.8 Å². The lowest BCUT2D eigenvalue weighted by Gasteiger charge is -2.17. The molecule has 1 amide bonds.